The molecule has 0 N–H and O–H groups in total. The first-order valence-electron chi connectivity index (χ1n) is 9.72. The van der Waals surface area contributed by atoms with E-state index in [9.17, 15) is 9.59 Å². The smallest absolute Gasteiger partial charge is 0.232 e. The third-order valence-corrected chi connectivity index (χ3v) is 5.06. The summed E-state index contributed by atoms with van der Waals surface area (Å²) >= 11 is 0. The molecule has 1 saturated heterocycles. The molecule has 0 aromatic heterocycles. The summed E-state index contributed by atoms with van der Waals surface area (Å²) in [6.45, 7) is 6.09. The summed E-state index contributed by atoms with van der Waals surface area (Å²) in [6.07, 6.45) is 1.29. The number of carbonyl (C=O) groups is 2. The Bertz CT molecular complexity index is 758. The average Bonchev–Trinajstić information content (AvgIpc) is 3.06. The normalized spacial score (nSPS) is 16.8. The monoisotopic (exact) mass is 364 g/mol. The molecule has 1 aliphatic heterocycles. The van der Waals surface area contributed by atoms with Gasteiger partial charge < -0.3 is 9.80 Å². The van der Waals surface area contributed by atoms with Crippen molar-refractivity contribution in [2.45, 2.75) is 33.2 Å². The molecular formula is C23H28N2O2. The molecule has 3 rings (SSSR count). The van der Waals surface area contributed by atoms with Gasteiger partial charge in [-0.05, 0) is 30.0 Å². The predicted molar refractivity (Wildman–Crippen MR) is 108 cm³/mol. The standard InChI is InChI=1S/C23H28N2O2/c1-18(2)13-14-24-17-20(15-22(24)26)23(27)25(21-11-7-4-8-12-21)16-19-9-5-3-6-10-19/h3-12,18,20H,13-17H2,1-2H3. The fraction of sp³-hybridized carbons (Fsp3) is 0.391. The number of rotatable bonds is 7. The van der Waals surface area contributed by atoms with Gasteiger partial charge >= 0.3 is 0 Å². The minimum atomic E-state index is -0.270. The molecule has 1 heterocycles. The molecule has 2 aromatic rings. The highest BCUT2D eigenvalue weighted by Gasteiger charge is 2.36. The second kappa shape index (κ2) is 8.85. The topological polar surface area (TPSA) is 40.6 Å². The molecule has 1 aliphatic rings. The van der Waals surface area contributed by atoms with Crippen LogP contribution in [0.15, 0.2) is 60.7 Å². The highest BCUT2D eigenvalue weighted by molar-refractivity contribution is 5.99. The van der Waals surface area contributed by atoms with E-state index in [2.05, 4.69) is 13.8 Å². The van der Waals surface area contributed by atoms with E-state index in [-0.39, 0.29) is 17.7 Å². The fourth-order valence-corrected chi connectivity index (χ4v) is 3.46. The zero-order valence-electron chi connectivity index (χ0n) is 16.2. The number of para-hydroxylation sites is 1. The first kappa shape index (κ1) is 19.2. The van der Waals surface area contributed by atoms with E-state index in [1.54, 1.807) is 0 Å². The third-order valence-electron chi connectivity index (χ3n) is 5.06. The quantitative estimate of drug-likeness (QED) is 0.742. The zero-order valence-corrected chi connectivity index (χ0v) is 16.2. The van der Waals surface area contributed by atoms with Gasteiger partial charge in [-0.3, -0.25) is 9.59 Å². The van der Waals surface area contributed by atoms with Crippen LogP contribution in [0, 0.1) is 11.8 Å². The number of likely N-dealkylation sites (tertiary alicyclic amines) is 1. The van der Waals surface area contributed by atoms with Gasteiger partial charge in [0.1, 0.15) is 0 Å². The maximum Gasteiger partial charge on any atom is 0.232 e. The lowest BCUT2D eigenvalue weighted by molar-refractivity contribution is -0.128. The summed E-state index contributed by atoms with van der Waals surface area (Å²) in [5, 5.41) is 0. The molecular weight excluding hydrogens is 336 g/mol. The molecule has 27 heavy (non-hydrogen) atoms. The Labute approximate surface area is 161 Å². The number of hydrogen-bond acceptors (Lipinski definition) is 2. The zero-order chi connectivity index (χ0) is 19.2. The molecule has 2 aromatic carbocycles. The summed E-state index contributed by atoms with van der Waals surface area (Å²) in [5.41, 5.74) is 1.95. The largest absolute Gasteiger partial charge is 0.342 e. The van der Waals surface area contributed by atoms with Crippen molar-refractivity contribution < 1.29 is 9.59 Å². The summed E-state index contributed by atoms with van der Waals surface area (Å²) in [6, 6.07) is 19.7. The number of hydrogen-bond donors (Lipinski definition) is 0. The molecule has 2 amide bonds. The Morgan fingerprint density at radius 1 is 1.07 bits per heavy atom. The van der Waals surface area contributed by atoms with Crippen LogP contribution in [0.25, 0.3) is 0 Å². The van der Waals surface area contributed by atoms with Crippen LogP contribution in [0.1, 0.15) is 32.3 Å². The summed E-state index contributed by atoms with van der Waals surface area (Å²) in [4.78, 5) is 29.4. The first-order valence-corrected chi connectivity index (χ1v) is 9.72. The van der Waals surface area contributed by atoms with E-state index in [1.165, 1.54) is 0 Å². The van der Waals surface area contributed by atoms with Gasteiger partial charge in [-0.1, -0.05) is 62.4 Å². The molecule has 0 spiro atoms. The van der Waals surface area contributed by atoms with Crippen LogP contribution in [0.4, 0.5) is 5.69 Å². The minimum absolute atomic E-state index is 0.0328. The first-order chi connectivity index (χ1) is 13.0. The van der Waals surface area contributed by atoms with E-state index < -0.39 is 0 Å². The Kier molecular flexibility index (Phi) is 6.28. The lowest BCUT2D eigenvalue weighted by Crippen LogP contribution is -2.37. The van der Waals surface area contributed by atoms with E-state index in [0.29, 0.717) is 25.4 Å². The van der Waals surface area contributed by atoms with Gasteiger partial charge in [0, 0.05) is 25.2 Å². The SMILES string of the molecule is CC(C)CCN1CC(C(=O)N(Cc2ccccc2)c2ccccc2)CC1=O. The number of nitrogens with zero attached hydrogens (tertiary/aromatic N) is 2. The highest BCUT2D eigenvalue weighted by Crippen LogP contribution is 2.25. The molecule has 0 saturated carbocycles. The van der Waals surface area contributed by atoms with Gasteiger partial charge in [0.05, 0.1) is 12.5 Å². The Morgan fingerprint density at radius 3 is 2.33 bits per heavy atom. The van der Waals surface area contributed by atoms with Crippen molar-refractivity contribution in [1.29, 1.82) is 0 Å². The van der Waals surface area contributed by atoms with Crippen molar-refractivity contribution in [3.05, 3.63) is 66.2 Å². The van der Waals surface area contributed by atoms with Crippen LogP contribution >= 0.6 is 0 Å². The van der Waals surface area contributed by atoms with E-state index in [4.69, 9.17) is 0 Å². The second-order valence-electron chi connectivity index (χ2n) is 7.67. The van der Waals surface area contributed by atoms with E-state index in [0.717, 1.165) is 24.2 Å². The summed E-state index contributed by atoms with van der Waals surface area (Å²) < 4.78 is 0. The number of benzene rings is 2. The van der Waals surface area contributed by atoms with Crippen LogP contribution in [0.2, 0.25) is 0 Å². The summed E-state index contributed by atoms with van der Waals surface area (Å²) in [5.74, 6) is 0.409. The van der Waals surface area contributed by atoms with Gasteiger partial charge in [-0.25, -0.2) is 0 Å². The molecule has 1 unspecified atom stereocenters. The van der Waals surface area contributed by atoms with Crippen LogP contribution in [-0.4, -0.2) is 29.8 Å². The predicted octanol–water partition coefficient (Wildman–Crippen LogP) is 4.11. The van der Waals surface area contributed by atoms with E-state index >= 15 is 0 Å². The average molecular weight is 364 g/mol. The molecule has 142 valence electrons. The van der Waals surface area contributed by atoms with Crippen molar-refractivity contribution in [3.63, 3.8) is 0 Å². The third kappa shape index (κ3) is 4.97. The van der Waals surface area contributed by atoms with Crippen LogP contribution in [-0.2, 0) is 16.1 Å². The highest BCUT2D eigenvalue weighted by atomic mass is 16.2. The summed E-state index contributed by atoms with van der Waals surface area (Å²) in [7, 11) is 0. The second-order valence-corrected chi connectivity index (χ2v) is 7.67. The maximum absolute atomic E-state index is 13.3. The van der Waals surface area contributed by atoms with Gasteiger partial charge in [0.15, 0.2) is 0 Å². The molecule has 4 nitrogen and oxygen atoms in total. The van der Waals surface area contributed by atoms with Crippen molar-refractivity contribution in [2.24, 2.45) is 11.8 Å². The lowest BCUT2D eigenvalue weighted by atomic mass is 10.1. The molecule has 1 fully saturated rings. The molecule has 0 radical (unpaired) electrons. The molecule has 1 atom stereocenters. The Hall–Kier alpha value is -2.62. The van der Waals surface area contributed by atoms with Crippen LogP contribution in [0.5, 0.6) is 0 Å². The van der Waals surface area contributed by atoms with Crippen molar-refractivity contribution in [2.75, 3.05) is 18.0 Å². The number of anilines is 1. The van der Waals surface area contributed by atoms with Gasteiger partial charge in [-0.15, -0.1) is 0 Å². The Morgan fingerprint density at radius 2 is 1.70 bits per heavy atom. The Balaban J connectivity index is 1.76. The van der Waals surface area contributed by atoms with Crippen molar-refractivity contribution in [1.82, 2.24) is 4.90 Å². The molecule has 4 heteroatoms. The minimum Gasteiger partial charge on any atom is -0.342 e. The van der Waals surface area contributed by atoms with Gasteiger partial charge in [0.25, 0.3) is 0 Å². The number of carbonyl (C=O) groups excluding carboxylic acids is 2. The number of amides is 2. The molecule has 0 aliphatic carbocycles. The van der Waals surface area contributed by atoms with E-state index in [1.807, 2.05) is 70.5 Å². The van der Waals surface area contributed by atoms with Crippen molar-refractivity contribution in [3.8, 4) is 0 Å². The fourth-order valence-electron chi connectivity index (χ4n) is 3.46. The van der Waals surface area contributed by atoms with Gasteiger partial charge in [-0.2, -0.15) is 0 Å². The van der Waals surface area contributed by atoms with Crippen LogP contribution < -0.4 is 4.90 Å². The van der Waals surface area contributed by atoms with Gasteiger partial charge in [0.2, 0.25) is 11.8 Å². The van der Waals surface area contributed by atoms with Crippen LogP contribution in [0.3, 0.4) is 0 Å². The lowest BCUT2D eigenvalue weighted by Gasteiger charge is -2.26. The van der Waals surface area contributed by atoms with Crippen molar-refractivity contribution >= 4 is 17.5 Å². The maximum atomic E-state index is 13.3. The molecule has 0 bridgehead atoms.